The molecule has 50 valence electrons. The van der Waals surface area contributed by atoms with Gasteiger partial charge < -0.3 is 5.32 Å². The molecule has 0 bridgehead atoms. The van der Waals surface area contributed by atoms with Gasteiger partial charge in [0, 0.05) is 12.3 Å². The van der Waals surface area contributed by atoms with Gasteiger partial charge in [0.05, 0.1) is 5.92 Å². The Kier molecular flexibility index (Phi) is 0.974. The number of carbonyl (C=O) groups is 1. The fourth-order valence-electron chi connectivity index (χ4n) is 1.02. The fourth-order valence-corrected chi connectivity index (χ4v) is 1.02. The van der Waals surface area contributed by atoms with Crippen LogP contribution in [-0.4, -0.2) is 11.7 Å². The first-order chi connectivity index (χ1) is 4.86. The number of rotatable bonds is 0. The van der Waals surface area contributed by atoms with E-state index in [-0.39, 0.29) is 11.8 Å². The van der Waals surface area contributed by atoms with E-state index in [1.54, 1.807) is 6.20 Å². The van der Waals surface area contributed by atoms with Crippen molar-refractivity contribution in [3.63, 3.8) is 0 Å². The number of hydrogen-bond acceptors (Lipinski definition) is 2. The highest BCUT2D eigenvalue weighted by atomic mass is 16.1. The van der Waals surface area contributed by atoms with E-state index in [4.69, 9.17) is 0 Å². The smallest absolute Gasteiger partial charge is 0.249 e. The standard InChI is InChI=1S/C7H6N2O/c10-6-2-1-5-3-4-8-7(5)9-6/h1-5H,(H,8,9,10). The predicted molar refractivity (Wildman–Crippen MR) is 37.3 cm³/mol. The molecule has 1 amide bonds. The minimum absolute atomic E-state index is 0.0845. The molecule has 0 spiro atoms. The quantitative estimate of drug-likeness (QED) is 0.505. The number of nitrogens with one attached hydrogen (secondary N) is 1. The van der Waals surface area contributed by atoms with Crippen LogP contribution in [0.4, 0.5) is 0 Å². The molecule has 0 aromatic rings. The number of aliphatic imine (C=N–C) groups is 1. The Balaban J connectivity index is 2.35. The zero-order valence-corrected chi connectivity index (χ0v) is 5.24. The monoisotopic (exact) mass is 134 g/mol. The van der Waals surface area contributed by atoms with E-state index < -0.39 is 0 Å². The maximum Gasteiger partial charge on any atom is 0.249 e. The van der Waals surface area contributed by atoms with Gasteiger partial charge in [-0.1, -0.05) is 12.2 Å². The molecule has 0 aromatic carbocycles. The van der Waals surface area contributed by atoms with Gasteiger partial charge in [-0.25, -0.2) is 4.99 Å². The summed E-state index contributed by atoms with van der Waals surface area (Å²) in [6.07, 6.45) is 7.00. The van der Waals surface area contributed by atoms with Crippen molar-refractivity contribution in [3.05, 3.63) is 24.4 Å². The van der Waals surface area contributed by atoms with Crippen LogP contribution in [0, 0.1) is 5.92 Å². The lowest BCUT2D eigenvalue weighted by atomic mass is 10.1. The van der Waals surface area contributed by atoms with Crippen molar-refractivity contribution in [3.8, 4) is 0 Å². The number of hydrogen-bond donors (Lipinski definition) is 1. The predicted octanol–water partition coefficient (Wildman–Crippen LogP) is 0.214. The molecule has 2 aliphatic rings. The third-order valence-corrected chi connectivity index (χ3v) is 1.53. The minimum Gasteiger partial charge on any atom is -0.310 e. The van der Waals surface area contributed by atoms with Crippen molar-refractivity contribution < 1.29 is 4.79 Å². The van der Waals surface area contributed by atoms with E-state index in [9.17, 15) is 4.79 Å². The highest BCUT2D eigenvalue weighted by molar-refractivity contribution is 6.08. The third kappa shape index (κ3) is 0.673. The second-order valence-electron chi connectivity index (χ2n) is 2.23. The van der Waals surface area contributed by atoms with E-state index >= 15 is 0 Å². The van der Waals surface area contributed by atoms with Gasteiger partial charge in [-0.3, -0.25) is 4.79 Å². The lowest BCUT2D eigenvalue weighted by Gasteiger charge is -2.11. The first-order valence-electron chi connectivity index (χ1n) is 3.10. The second kappa shape index (κ2) is 1.80. The van der Waals surface area contributed by atoms with Gasteiger partial charge in [0.1, 0.15) is 5.84 Å². The number of fused-ring (bicyclic) bond motifs is 1. The highest BCUT2D eigenvalue weighted by Crippen LogP contribution is 2.12. The van der Waals surface area contributed by atoms with Crippen molar-refractivity contribution in [2.45, 2.75) is 0 Å². The molecule has 10 heavy (non-hydrogen) atoms. The summed E-state index contributed by atoms with van der Waals surface area (Å²) in [6, 6.07) is 0. The van der Waals surface area contributed by atoms with Gasteiger partial charge in [0.25, 0.3) is 0 Å². The molecule has 2 aliphatic heterocycles. The lowest BCUT2D eigenvalue weighted by molar-refractivity contribution is -0.115. The Morgan fingerprint density at radius 3 is 3.30 bits per heavy atom. The van der Waals surface area contributed by atoms with Crippen molar-refractivity contribution >= 4 is 11.7 Å². The normalized spacial score (nSPS) is 27.8. The van der Waals surface area contributed by atoms with Crippen LogP contribution in [0.5, 0.6) is 0 Å². The van der Waals surface area contributed by atoms with E-state index in [0.29, 0.717) is 0 Å². The van der Waals surface area contributed by atoms with Crippen LogP contribution in [-0.2, 0) is 4.79 Å². The molecule has 2 heterocycles. The topological polar surface area (TPSA) is 41.5 Å². The van der Waals surface area contributed by atoms with Gasteiger partial charge >= 0.3 is 0 Å². The largest absolute Gasteiger partial charge is 0.310 e. The SMILES string of the molecule is O=C1C=CC2C=CN=C2N1. The van der Waals surface area contributed by atoms with Crippen LogP contribution >= 0.6 is 0 Å². The summed E-state index contributed by atoms with van der Waals surface area (Å²) in [5.74, 6) is 0.865. The Bertz CT molecular complexity index is 263. The van der Waals surface area contributed by atoms with Crippen LogP contribution in [0.1, 0.15) is 0 Å². The Morgan fingerprint density at radius 2 is 2.40 bits per heavy atom. The molecule has 0 aliphatic carbocycles. The maximum atomic E-state index is 10.7. The average molecular weight is 134 g/mol. The molecule has 3 nitrogen and oxygen atoms in total. The fraction of sp³-hybridized carbons (Fsp3) is 0.143. The minimum atomic E-state index is -0.0845. The summed E-state index contributed by atoms with van der Waals surface area (Å²) in [7, 11) is 0. The molecule has 2 rings (SSSR count). The molecule has 3 heteroatoms. The van der Waals surface area contributed by atoms with Gasteiger partial charge in [-0.05, 0) is 0 Å². The van der Waals surface area contributed by atoms with Gasteiger partial charge in [-0.2, -0.15) is 0 Å². The van der Waals surface area contributed by atoms with E-state index in [0.717, 1.165) is 5.84 Å². The number of carbonyl (C=O) groups excluding carboxylic acids is 1. The molecule has 1 N–H and O–H groups in total. The lowest BCUT2D eigenvalue weighted by Crippen LogP contribution is -2.35. The number of amides is 1. The van der Waals surface area contributed by atoms with E-state index in [2.05, 4.69) is 10.3 Å². The van der Waals surface area contributed by atoms with Crippen LogP contribution in [0.15, 0.2) is 29.4 Å². The number of amidine groups is 1. The van der Waals surface area contributed by atoms with Crippen molar-refractivity contribution in [1.29, 1.82) is 0 Å². The van der Waals surface area contributed by atoms with Crippen molar-refractivity contribution in [2.24, 2.45) is 10.9 Å². The molecule has 0 fully saturated rings. The van der Waals surface area contributed by atoms with Crippen LogP contribution in [0.2, 0.25) is 0 Å². The third-order valence-electron chi connectivity index (χ3n) is 1.53. The van der Waals surface area contributed by atoms with E-state index in [1.165, 1.54) is 6.08 Å². The first-order valence-corrected chi connectivity index (χ1v) is 3.10. The maximum absolute atomic E-state index is 10.7. The van der Waals surface area contributed by atoms with Crippen LogP contribution in [0.25, 0.3) is 0 Å². The van der Waals surface area contributed by atoms with E-state index in [1.807, 2.05) is 12.2 Å². The van der Waals surface area contributed by atoms with Gasteiger partial charge in [0.2, 0.25) is 5.91 Å². The first kappa shape index (κ1) is 5.41. The molecule has 1 atom stereocenters. The second-order valence-corrected chi connectivity index (χ2v) is 2.23. The molecule has 0 saturated carbocycles. The molecule has 1 unspecified atom stereocenters. The van der Waals surface area contributed by atoms with Crippen molar-refractivity contribution in [2.75, 3.05) is 0 Å². The summed E-state index contributed by atoms with van der Waals surface area (Å²) < 4.78 is 0. The van der Waals surface area contributed by atoms with Crippen LogP contribution < -0.4 is 5.32 Å². The average Bonchev–Trinajstić information content (AvgIpc) is 2.33. The van der Waals surface area contributed by atoms with Crippen molar-refractivity contribution in [1.82, 2.24) is 5.32 Å². The zero-order valence-electron chi connectivity index (χ0n) is 5.24. The molecular formula is C7H6N2O. The highest BCUT2D eigenvalue weighted by Gasteiger charge is 2.19. The number of nitrogens with zero attached hydrogens (tertiary/aromatic N) is 1. The molecule has 0 aromatic heterocycles. The van der Waals surface area contributed by atoms with Gasteiger partial charge in [0.15, 0.2) is 0 Å². The van der Waals surface area contributed by atoms with Gasteiger partial charge in [-0.15, -0.1) is 0 Å². The van der Waals surface area contributed by atoms with Crippen LogP contribution in [0.3, 0.4) is 0 Å². The summed E-state index contributed by atoms with van der Waals surface area (Å²) in [4.78, 5) is 14.7. The Morgan fingerprint density at radius 1 is 1.50 bits per heavy atom. The molecule has 0 saturated heterocycles. The zero-order chi connectivity index (χ0) is 6.97. The summed E-state index contributed by atoms with van der Waals surface area (Å²) in [6.45, 7) is 0. The molecule has 0 radical (unpaired) electrons. The summed E-state index contributed by atoms with van der Waals surface area (Å²) in [5.41, 5.74) is 0. The summed E-state index contributed by atoms with van der Waals surface area (Å²) >= 11 is 0. The Labute approximate surface area is 58.1 Å². The Hall–Kier alpha value is -1.38. The summed E-state index contributed by atoms with van der Waals surface area (Å²) in [5, 5.41) is 2.64. The molecular weight excluding hydrogens is 128 g/mol.